The molecule has 7 nitrogen and oxygen atoms in total. The number of rotatable bonds is 2. The number of fused-ring (bicyclic) bond motifs is 2. The number of nitriles is 3. The molecule has 1 aromatic heterocycles. The van der Waals surface area contributed by atoms with E-state index in [-0.39, 0.29) is 5.90 Å². The topological polar surface area (TPSA) is 129 Å². The number of hydrogen-bond donors (Lipinski definition) is 2. The number of aromatic nitrogens is 1. The van der Waals surface area contributed by atoms with Gasteiger partial charge in [-0.25, -0.2) is 0 Å². The summed E-state index contributed by atoms with van der Waals surface area (Å²) in [7, 11) is 0. The van der Waals surface area contributed by atoms with Crippen molar-refractivity contribution < 1.29 is 9.47 Å². The van der Waals surface area contributed by atoms with Crippen molar-refractivity contribution >= 4 is 5.90 Å². The van der Waals surface area contributed by atoms with Crippen LogP contribution in [0.5, 0.6) is 0 Å². The summed E-state index contributed by atoms with van der Waals surface area (Å²) < 4.78 is 11.6. The highest BCUT2D eigenvalue weighted by molar-refractivity contribution is 5.89. The maximum atomic E-state index is 9.93. The first-order valence-corrected chi connectivity index (χ1v) is 7.28. The molecule has 2 fully saturated rings. The molecule has 4 atom stereocenters. The van der Waals surface area contributed by atoms with E-state index in [1.807, 2.05) is 19.1 Å². The molecule has 2 N–H and O–H groups in total. The standard InChI is InChI=1S/C16H15N5O2/c1-3-11-14(2)22-12(10-5-4-6-21-10)15(7-17,8-18)16(11,9-19)13(20)23-14/h4-6,11-12,20-21H,3H2,1-2H3. The molecule has 3 heterocycles. The normalized spacial score (nSPS) is 37.3. The number of ether oxygens (including phenoxy) is 2. The van der Waals surface area contributed by atoms with E-state index >= 15 is 0 Å². The highest BCUT2D eigenvalue weighted by atomic mass is 16.7. The zero-order chi connectivity index (χ0) is 16.9. The van der Waals surface area contributed by atoms with Gasteiger partial charge in [-0.15, -0.1) is 0 Å². The van der Waals surface area contributed by atoms with Gasteiger partial charge in [-0.2, -0.15) is 15.8 Å². The summed E-state index contributed by atoms with van der Waals surface area (Å²) in [5, 5.41) is 37.9. The first-order valence-electron chi connectivity index (χ1n) is 7.28. The van der Waals surface area contributed by atoms with Gasteiger partial charge < -0.3 is 14.5 Å². The number of hydrogen-bond acceptors (Lipinski definition) is 6. The molecule has 0 amide bonds. The Morgan fingerprint density at radius 2 is 2.00 bits per heavy atom. The van der Waals surface area contributed by atoms with Crippen molar-refractivity contribution in [2.75, 3.05) is 0 Å². The zero-order valence-corrected chi connectivity index (χ0v) is 12.8. The summed E-state index contributed by atoms with van der Waals surface area (Å²) in [5.41, 5.74) is -3.04. The summed E-state index contributed by atoms with van der Waals surface area (Å²) in [6, 6.07) is 9.47. The van der Waals surface area contributed by atoms with Crippen LogP contribution < -0.4 is 0 Å². The van der Waals surface area contributed by atoms with Crippen LogP contribution in [-0.4, -0.2) is 16.7 Å². The molecular weight excluding hydrogens is 294 g/mol. The molecule has 23 heavy (non-hydrogen) atoms. The number of aromatic amines is 1. The third kappa shape index (κ3) is 1.46. The predicted molar refractivity (Wildman–Crippen MR) is 77.3 cm³/mol. The third-order valence-electron chi connectivity index (χ3n) is 5.03. The zero-order valence-electron chi connectivity index (χ0n) is 12.8. The maximum Gasteiger partial charge on any atom is 0.214 e. The lowest BCUT2D eigenvalue weighted by atomic mass is 9.53. The monoisotopic (exact) mass is 309 g/mol. The van der Waals surface area contributed by atoms with Crippen LogP contribution in [0, 0.1) is 56.2 Å². The van der Waals surface area contributed by atoms with Crippen LogP contribution in [-0.2, 0) is 9.47 Å². The van der Waals surface area contributed by atoms with E-state index in [4.69, 9.17) is 14.9 Å². The molecule has 0 saturated carbocycles. The van der Waals surface area contributed by atoms with Crippen LogP contribution in [0.1, 0.15) is 32.1 Å². The highest BCUT2D eigenvalue weighted by Crippen LogP contribution is 2.66. The molecule has 7 heteroatoms. The molecule has 0 aromatic carbocycles. The Morgan fingerprint density at radius 1 is 1.30 bits per heavy atom. The van der Waals surface area contributed by atoms with Crippen LogP contribution in [0.3, 0.4) is 0 Å². The summed E-state index contributed by atoms with van der Waals surface area (Å²) in [5.74, 6) is -2.18. The van der Waals surface area contributed by atoms with Crippen LogP contribution in [0.4, 0.5) is 0 Å². The van der Waals surface area contributed by atoms with E-state index in [0.717, 1.165) is 0 Å². The van der Waals surface area contributed by atoms with Crippen LogP contribution in [0.15, 0.2) is 18.3 Å². The molecule has 0 spiro atoms. The van der Waals surface area contributed by atoms with Crippen LogP contribution in [0.25, 0.3) is 0 Å². The van der Waals surface area contributed by atoms with Gasteiger partial charge in [0.1, 0.15) is 6.10 Å². The van der Waals surface area contributed by atoms with E-state index in [9.17, 15) is 15.8 Å². The maximum absolute atomic E-state index is 9.93. The fourth-order valence-electron chi connectivity index (χ4n) is 4.01. The fourth-order valence-corrected chi connectivity index (χ4v) is 4.01. The van der Waals surface area contributed by atoms with Gasteiger partial charge in [-0.3, -0.25) is 5.41 Å². The van der Waals surface area contributed by atoms with Crippen molar-refractivity contribution in [1.82, 2.24) is 4.98 Å². The summed E-state index contributed by atoms with van der Waals surface area (Å²) >= 11 is 0. The molecule has 4 unspecified atom stereocenters. The molecule has 2 saturated heterocycles. The SMILES string of the molecule is CCC1C2(C)OC(=N)C1(C#N)C(C#N)(C#N)C(c1ccc[nH]1)O2. The lowest BCUT2D eigenvalue weighted by Gasteiger charge is -2.48. The van der Waals surface area contributed by atoms with Crippen LogP contribution in [0.2, 0.25) is 0 Å². The number of nitrogens with one attached hydrogen (secondary N) is 2. The van der Waals surface area contributed by atoms with Crippen molar-refractivity contribution in [3.05, 3.63) is 24.0 Å². The molecular formula is C16H15N5O2. The van der Waals surface area contributed by atoms with Crippen molar-refractivity contribution in [1.29, 1.82) is 21.2 Å². The van der Waals surface area contributed by atoms with Gasteiger partial charge in [-0.1, -0.05) is 6.92 Å². The Morgan fingerprint density at radius 3 is 2.48 bits per heavy atom. The Hall–Kier alpha value is -2.82. The highest BCUT2D eigenvalue weighted by Gasteiger charge is 2.79. The molecule has 2 aliphatic rings. The van der Waals surface area contributed by atoms with Gasteiger partial charge in [0.15, 0.2) is 5.41 Å². The minimum Gasteiger partial charge on any atom is -0.448 e. The Kier molecular flexibility index (Phi) is 3.01. The van der Waals surface area contributed by atoms with Crippen molar-refractivity contribution in [2.24, 2.45) is 16.7 Å². The third-order valence-corrected chi connectivity index (χ3v) is 5.03. The molecule has 2 bridgehead atoms. The fraction of sp³-hybridized carbons (Fsp3) is 0.500. The Labute approximate surface area is 133 Å². The predicted octanol–water partition coefficient (Wildman–Crippen LogP) is 2.38. The molecule has 0 radical (unpaired) electrons. The quantitative estimate of drug-likeness (QED) is 0.866. The lowest BCUT2D eigenvalue weighted by Crippen LogP contribution is -2.58. The van der Waals surface area contributed by atoms with E-state index in [1.54, 1.807) is 25.3 Å². The average molecular weight is 309 g/mol. The minimum absolute atomic E-state index is 0.369. The van der Waals surface area contributed by atoms with Gasteiger partial charge in [-0.05, 0) is 18.6 Å². The molecule has 0 aliphatic carbocycles. The molecule has 1 aromatic rings. The first kappa shape index (κ1) is 15.1. The van der Waals surface area contributed by atoms with Gasteiger partial charge in [0.05, 0.1) is 24.1 Å². The van der Waals surface area contributed by atoms with Gasteiger partial charge >= 0.3 is 0 Å². The van der Waals surface area contributed by atoms with Crippen molar-refractivity contribution in [3.63, 3.8) is 0 Å². The second-order valence-electron chi connectivity index (χ2n) is 5.98. The second kappa shape index (κ2) is 4.59. The Bertz CT molecular complexity index is 767. The van der Waals surface area contributed by atoms with Crippen molar-refractivity contribution in [3.8, 4) is 18.2 Å². The molecule has 3 rings (SSSR count). The van der Waals surface area contributed by atoms with E-state index < -0.39 is 28.6 Å². The molecule has 116 valence electrons. The summed E-state index contributed by atoms with van der Waals surface area (Å²) in [6.07, 6.45) is 1.08. The van der Waals surface area contributed by atoms with E-state index in [0.29, 0.717) is 12.1 Å². The first-order chi connectivity index (χ1) is 11.0. The summed E-state index contributed by atoms with van der Waals surface area (Å²) in [4.78, 5) is 2.94. The summed E-state index contributed by atoms with van der Waals surface area (Å²) in [6.45, 7) is 3.48. The molecule has 2 aliphatic heterocycles. The van der Waals surface area contributed by atoms with Gasteiger partial charge in [0, 0.05) is 18.8 Å². The van der Waals surface area contributed by atoms with E-state index in [1.165, 1.54) is 0 Å². The average Bonchev–Trinajstić information content (AvgIpc) is 3.12. The minimum atomic E-state index is -1.87. The number of H-pyrrole nitrogens is 1. The smallest absolute Gasteiger partial charge is 0.214 e. The largest absolute Gasteiger partial charge is 0.448 e. The lowest BCUT2D eigenvalue weighted by molar-refractivity contribution is -0.273. The van der Waals surface area contributed by atoms with Crippen LogP contribution >= 0.6 is 0 Å². The van der Waals surface area contributed by atoms with Gasteiger partial charge in [0.25, 0.3) is 0 Å². The van der Waals surface area contributed by atoms with E-state index in [2.05, 4.69) is 11.1 Å². The van der Waals surface area contributed by atoms with Crippen molar-refractivity contribution in [2.45, 2.75) is 32.2 Å². The Balaban J connectivity index is 2.35. The number of nitrogens with zero attached hydrogens (tertiary/aromatic N) is 3. The van der Waals surface area contributed by atoms with Gasteiger partial charge in [0.2, 0.25) is 17.1 Å². The second-order valence-corrected chi connectivity index (χ2v) is 5.98.